The number of hydrogen-bond donors (Lipinski definition) is 1. The molecule has 0 radical (unpaired) electrons. The summed E-state index contributed by atoms with van der Waals surface area (Å²) in [6.45, 7) is 16.6. The molecule has 2 aromatic rings. The number of fused-ring (bicyclic) bond motifs is 1. The van der Waals surface area contributed by atoms with Crippen molar-refractivity contribution in [1.29, 1.82) is 0 Å². The van der Waals surface area contributed by atoms with Gasteiger partial charge >= 0.3 is 5.97 Å². The molecule has 0 unspecified atom stereocenters. The summed E-state index contributed by atoms with van der Waals surface area (Å²) in [6.07, 6.45) is 2.26. The molecule has 1 heterocycles. The van der Waals surface area contributed by atoms with E-state index in [9.17, 15) is 4.79 Å². The third kappa shape index (κ3) is 4.20. The van der Waals surface area contributed by atoms with Gasteiger partial charge in [-0.1, -0.05) is 41.5 Å². The van der Waals surface area contributed by atoms with E-state index in [-0.39, 0.29) is 5.97 Å². The minimum absolute atomic E-state index is 0.165. The van der Waals surface area contributed by atoms with Crippen LogP contribution in [0, 0.1) is 0 Å². The highest BCUT2D eigenvalue weighted by Gasteiger charge is 2.44. The largest absolute Gasteiger partial charge is 0.466 e. The Hall–Kier alpha value is -1.20. The van der Waals surface area contributed by atoms with Crippen molar-refractivity contribution in [2.45, 2.75) is 76.4 Å². The van der Waals surface area contributed by atoms with E-state index in [4.69, 9.17) is 4.74 Å². The molecule has 3 nitrogen and oxygen atoms in total. The summed E-state index contributed by atoms with van der Waals surface area (Å²) in [5.74, 6) is -0.165. The number of hydrogen-bond acceptors (Lipinski definition) is 3. The van der Waals surface area contributed by atoms with Crippen LogP contribution in [0.15, 0.2) is 29.3 Å². The van der Waals surface area contributed by atoms with Gasteiger partial charge in [0, 0.05) is 22.0 Å². The molecule has 0 bridgehead atoms. The maximum absolute atomic E-state index is 11.9. The summed E-state index contributed by atoms with van der Waals surface area (Å²) in [5.41, 5.74) is 4.21. The lowest BCUT2D eigenvalue weighted by Crippen LogP contribution is -2.40. The van der Waals surface area contributed by atoms with Gasteiger partial charge in [0.2, 0.25) is 0 Å². The standard InChI is InChI=1S/C21H33NO2SSi/c1-8-24-21(23)11-17-13-22-20-10-9-18(12-19(17)20)25-26(14(2)3,15(4)5)16(6)7/h9-10,12-16,22H,8,11H2,1-7H3. The van der Waals surface area contributed by atoms with E-state index >= 15 is 0 Å². The molecule has 1 aromatic heterocycles. The van der Waals surface area contributed by atoms with Crippen molar-refractivity contribution in [3.8, 4) is 0 Å². The Morgan fingerprint density at radius 3 is 2.27 bits per heavy atom. The highest BCUT2D eigenvalue weighted by molar-refractivity contribution is 8.29. The Balaban J connectivity index is 2.39. The average molecular weight is 392 g/mol. The first-order chi connectivity index (χ1) is 12.2. The van der Waals surface area contributed by atoms with Crippen LogP contribution in [0.3, 0.4) is 0 Å². The van der Waals surface area contributed by atoms with Gasteiger partial charge in [-0.05, 0) is 47.3 Å². The van der Waals surface area contributed by atoms with Gasteiger partial charge in [0.05, 0.1) is 13.0 Å². The van der Waals surface area contributed by atoms with Gasteiger partial charge in [0.1, 0.15) is 7.22 Å². The lowest BCUT2D eigenvalue weighted by atomic mass is 10.1. The highest BCUT2D eigenvalue weighted by Crippen LogP contribution is 2.52. The molecule has 0 aliphatic carbocycles. The van der Waals surface area contributed by atoms with Crippen molar-refractivity contribution in [1.82, 2.24) is 4.98 Å². The number of benzene rings is 1. The number of aromatic amines is 1. The first kappa shape index (κ1) is 21.1. The van der Waals surface area contributed by atoms with Crippen molar-refractivity contribution in [2.75, 3.05) is 6.61 Å². The highest BCUT2D eigenvalue weighted by atomic mass is 32.4. The molecule has 0 amide bonds. The molecule has 0 atom stereocenters. The number of ether oxygens (including phenoxy) is 1. The summed E-state index contributed by atoms with van der Waals surface area (Å²) in [7, 11) is -1.58. The number of aromatic nitrogens is 1. The van der Waals surface area contributed by atoms with Gasteiger partial charge in [0.25, 0.3) is 0 Å². The minimum atomic E-state index is -1.58. The molecule has 1 aromatic carbocycles. The predicted molar refractivity (Wildman–Crippen MR) is 116 cm³/mol. The van der Waals surface area contributed by atoms with Crippen molar-refractivity contribution in [3.05, 3.63) is 30.0 Å². The summed E-state index contributed by atoms with van der Waals surface area (Å²) >= 11 is 2.13. The number of nitrogens with one attached hydrogen (secondary N) is 1. The molecule has 0 saturated heterocycles. The van der Waals surface area contributed by atoms with Gasteiger partial charge in [-0.3, -0.25) is 4.79 Å². The number of carbonyl (C=O) groups excluding carboxylic acids is 1. The van der Waals surface area contributed by atoms with E-state index in [2.05, 4.69) is 75.9 Å². The summed E-state index contributed by atoms with van der Waals surface area (Å²) in [5, 5.41) is 1.14. The van der Waals surface area contributed by atoms with Crippen molar-refractivity contribution in [2.24, 2.45) is 0 Å². The van der Waals surface area contributed by atoms with Crippen LogP contribution in [0.2, 0.25) is 16.6 Å². The molecular formula is C21H33NO2SSi. The van der Waals surface area contributed by atoms with Crippen LogP contribution in [-0.4, -0.2) is 24.8 Å². The third-order valence-corrected chi connectivity index (χ3v) is 17.6. The first-order valence-electron chi connectivity index (χ1n) is 9.66. The van der Waals surface area contributed by atoms with Crippen LogP contribution in [0.5, 0.6) is 0 Å². The van der Waals surface area contributed by atoms with Gasteiger partial charge in [-0.15, -0.1) is 0 Å². The summed E-state index contributed by atoms with van der Waals surface area (Å²) < 4.78 is 5.12. The number of esters is 1. The quantitative estimate of drug-likeness (QED) is 0.410. The Bertz CT molecular complexity index is 730. The summed E-state index contributed by atoms with van der Waals surface area (Å²) in [4.78, 5) is 16.5. The normalized spacial score (nSPS) is 12.5. The fraction of sp³-hybridized carbons (Fsp3) is 0.571. The van der Waals surface area contributed by atoms with Gasteiger partial charge in [-0.2, -0.15) is 11.2 Å². The topological polar surface area (TPSA) is 42.1 Å². The van der Waals surface area contributed by atoms with Gasteiger partial charge in [-0.25, -0.2) is 0 Å². The van der Waals surface area contributed by atoms with Crippen LogP contribution in [0.25, 0.3) is 10.9 Å². The van der Waals surface area contributed by atoms with E-state index in [0.29, 0.717) is 29.7 Å². The molecule has 0 aliphatic rings. The Labute approximate surface area is 162 Å². The molecule has 0 fully saturated rings. The number of rotatable bonds is 8. The predicted octanol–water partition coefficient (Wildman–Crippen LogP) is 6.54. The molecule has 26 heavy (non-hydrogen) atoms. The third-order valence-electron chi connectivity index (χ3n) is 5.38. The van der Waals surface area contributed by atoms with E-state index in [1.165, 1.54) is 4.90 Å². The molecule has 144 valence electrons. The van der Waals surface area contributed by atoms with Crippen molar-refractivity contribution >= 4 is 35.3 Å². The van der Waals surface area contributed by atoms with Crippen LogP contribution < -0.4 is 0 Å². The van der Waals surface area contributed by atoms with Crippen LogP contribution in [0.4, 0.5) is 0 Å². The van der Waals surface area contributed by atoms with E-state index in [1.54, 1.807) is 0 Å². The lowest BCUT2D eigenvalue weighted by molar-refractivity contribution is -0.142. The zero-order valence-electron chi connectivity index (χ0n) is 17.2. The second kappa shape index (κ2) is 8.66. The Morgan fingerprint density at radius 1 is 1.12 bits per heavy atom. The van der Waals surface area contributed by atoms with E-state index < -0.39 is 7.22 Å². The number of H-pyrrole nitrogens is 1. The van der Waals surface area contributed by atoms with Crippen LogP contribution in [0.1, 0.15) is 54.0 Å². The fourth-order valence-electron chi connectivity index (χ4n) is 4.29. The zero-order chi connectivity index (χ0) is 19.5. The lowest BCUT2D eigenvalue weighted by Gasteiger charge is -2.42. The SMILES string of the molecule is CCOC(=O)Cc1c[nH]c2ccc(S[Si](C(C)C)(C(C)C)C(C)C)cc12. The maximum Gasteiger partial charge on any atom is 0.310 e. The molecular weight excluding hydrogens is 358 g/mol. The molecule has 0 spiro atoms. The van der Waals surface area contributed by atoms with Crippen molar-refractivity contribution < 1.29 is 9.53 Å². The average Bonchev–Trinajstić information content (AvgIpc) is 2.94. The minimum Gasteiger partial charge on any atom is -0.466 e. The maximum atomic E-state index is 11.9. The molecule has 1 N–H and O–H groups in total. The Kier molecular flexibility index (Phi) is 7.03. The smallest absolute Gasteiger partial charge is 0.310 e. The van der Waals surface area contributed by atoms with Crippen molar-refractivity contribution in [3.63, 3.8) is 0 Å². The number of carbonyl (C=O) groups is 1. The first-order valence-corrected chi connectivity index (χ1v) is 13.4. The van der Waals surface area contributed by atoms with Gasteiger partial charge in [0.15, 0.2) is 0 Å². The van der Waals surface area contributed by atoms with Crippen LogP contribution >= 0.6 is 11.2 Å². The zero-order valence-corrected chi connectivity index (χ0v) is 19.0. The Morgan fingerprint density at radius 2 is 1.73 bits per heavy atom. The molecule has 2 rings (SSSR count). The van der Waals surface area contributed by atoms with E-state index in [0.717, 1.165) is 16.5 Å². The molecule has 0 aliphatic heterocycles. The fourth-order valence-corrected chi connectivity index (χ4v) is 13.4. The second-order valence-electron chi connectivity index (χ2n) is 7.92. The van der Waals surface area contributed by atoms with E-state index in [1.807, 2.05) is 13.1 Å². The van der Waals surface area contributed by atoms with Crippen LogP contribution in [-0.2, 0) is 16.0 Å². The molecule has 0 saturated carbocycles. The van der Waals surface area contributed by atoms with Gasteiger partial charge < -0.3 is 9.72 Å². The molecule has 5 heteroatoms. The monoisotopic (exact) mass is 391 g/mol. The summed E-state index contributed by atoms with van der Waals surface area (Å²) in [6, 6.07) is 6.64. The second-order valence-corrected chi connectivity index (χ2v) is 16.5.